The van der Waals surface area contributed by atoms with Crippen molar-refractivity contribution in [1.82, 2.24) is 0 Å². The van der Waals surface area contributed by atoms with Gasteiger partial charge in [0, 0.05) is 5.92 Å². The molecule has 0 aliphatic carbocycles. The molecule has 144 valence electrons. The Kier molecular flexibility index (Phi) is 20.4. The van der Waals surface area contributed by atoms with Gasteiger partial charge in [0.15, 0.2) is 0 Å². The molecule has 0 aromatic heterocycles. The van der Waals surface area contributed by atoms with Crippen LogP contribution in [0.4, 0.5) is 0 Å². The molecule has 0 saturated heterocycles. The van der Waals surface area contributed by atoms with Gasteiger partial charge in [-0.05, 0) is 12.8 Å². The van der Waals surface area contributed by atoms with Crippen molar-refractivity contribution >= 4 is 6.29 Å². The van der Waals surface area contributed by atoms with Gasteiger partial charge in [-0.3, -0.25) is 0 Å². The summed E-state index contributed by atoms with van der Waals surface area (Å²) in [5.74, 6) is 0.321. The summed E-state index contributed by atoms with van der Waals surface area (Å²) in [4.78, 5) is 10.7. The van der Waals surface area contributed by atoms with Crippen LogP contribution in [0.1, 0.15) is 136 Å². The molecule has 0 aromatic carbocycles. The van der Waals surface area contributed by atoms with Crippen molar-refractivity contribution in [1.29, 1.82) is 0 Å². The minimum absolute atomic E-state index is 0.321. The van der Waals surface area contributed by atoms with Crippen LogP contribution in [0.2, 0.25) is 0 Å². The summed E-state index contributed by atoms with van der Waals surface area (Å²) in [5, 5.41) is 0. The third-order valence-corrected chi connectivity index (χ3v) is 5.40. The predicted molar refractivity (Wildman–Crippen MR) is 109 cm³/mol. The molecule has 0 aliphatic heterocycles. The van der Waals surface area contributed by atoms with Crippen LogP contribution >= 0.6 is 0 Å². The Balaban J connectivity index is 3.04. The maximum atomic E-state index is 10.7. The van der Waals surface area contributed by atoms with E-state index in [1.807, 2.05) is 0 Å². The van der Waals surface area contributed by atoms with E-state index in [1.165, 1.54) is 109 Å². The summed E-state index contributed by atoms with van der Waals surface area (Å²) in [7, 11) is 0. The van der Waals surface area contributed by atoms with Gasteiger partial charge in [0.25, 0.3) is 0 Å². The molecule has 0 heterocycles. The zero-order chi connectivity index (χ0) is 17.7. The van der Waals surface area contributed by atoms with Crippen LogP contribution in [-0.4, -0.2) is 6.29 Å². The molecule has 0 amide bonds. The lowest BCUT2D eigenvalue weighted by molar-refractivity contribution is -0.111. The van der Waals surface area contributed by atoms with Crippen molar-refractivity contribution in [3.63, 3.8) is 0 Å². The van der Waals surface area contributed by atoms with Gasteiger partial charge in [-0.1, -0.05) is 123 Å². The third-order valence-electron chi connectivity index (χ3n) is 5.40. The molecular formula is C23H46O. The summed E-state index contributed by atoms with van der Waals surface area (Å²) in [5.41, 5.74) is 0. The highest BCUT2D eigenvalue weighted by atomic mass is 16.1. The molecule has 0 fully saturated rings. The Morgan fingerprint density at radius 3 is 1.17 bits per heavy atom. The fraction of sp³-hybridized carbons (Fsp3) is 0.957. The Morgan fingerprint density at radius 1 is 0.542 bits per heavy atom. The summed E-state index contributed by atoms with van der Waals surface area (Å²) >= 11 is 0. The summed E-state index contributed by atoms with van der Waals surface area (Å²) in [6.07, 6.45) is 27.4. The van der Waals surface area contributed by atoms with Gasteiger partial charge >= 0.3 is 0 Å². The number of unbranched alkanes of at least 4 members (excludes halogenated alkanes) is 16. The van der Waals surface area contributed by atoms with Crippen LogP contribution in [0.3, 0.4) is 0 Å². The zero-order valence-electron chi connectivity index (χ0n) is 17.0. The van der Waals surface area contributed by atoms with Crippen LogP contribution < -0.4 is 0 Å². The average molecular weight is 339 g/mol. The van der Waals surface area contributed by atoms with E-state index < -0.39 is 0 Å². The standard InChI is InChI=1S/C23H46O/c1-3-5-6-7-8-9-10-11-12-13-14-15-16-17-18-19-20-21-23(4-2)22-24/h22-23H,3-21H2,1-2H3. The fourth-order valence-electron chi connectivity index (χ4n) is 3.50. The molecule has 0 bridgehead atoms. The van der Waals surface area contributed by atoms with Crippen molar-refractivity contribution in [2.24, 2.45) is 5.92 Å². The summed E-state index contributed by atoms with van der Waals surface area (Å²) in [6, 6.07) is 0. The summed E-state index contributed by atoms with van der Waals surface area (Å²) in [6.45, 7) is 4.41. The van der Waals surface area contributed by atoms with E-state index in [2.05, 4.69) is 13.8 Å². The van der Waals surface area contributed by atoms with Gasteiger partial charge in [-0.2, -0.15) is 0 Å². The van der Waals surface area contributed by atoms with Crippen LogP contribution in [-0.2, 0) is 4.79 Å². The van der Waals surface area contributed by atoms with Gasteiger partial charge in [-0.15, -0.1) is 0 Å². The van der Waals surface area contributed by atoms with Gasteiger partial charge in [-0.25, -0.2) is 0 Å². The number of hydrogen-bond acceptors (Lipinski definition) is 1. The molecule has 24 heavy (non-hydrogen) atoms. The third kappa shape index (κ3) is 18.0. The van der Waals surface area contributed by atoms with E-state index in [0.29, 0.717) is 5.92 Å². The van der Waals surface area contributed by atoms with E-state index in [4.69, 9.17) is 0 Å². The highest BCUT2D eigenvalue weighted by molar-refractivity contribution is 5.53. The van der Waals surface area contributed by atoms with Gasteiger partial charge < -0.3 is 4.79 Å². The average Bonchev–Trinajstić information content (AvgIpc) is 2.61. The maximum Gasteiger partial charge on any atom is 0.123 e. The molecule has 1 atom stereocenters. The van der Waals surface area contributed by atoms with Crippen molar-refractivity contribution in [2.75, 3.05) is 0 Å². The Labute approximate surface area is 153 Å². The topological polar surface area (TPSA) is 17.1 Å². The number of carbonyl (C=O) groups excluding carboxylic acids is 1. The van der Waals surface area contributed by atoms with E-state index >= 15 is 0 Å². The van der Waals surface area contributed by atoms with E-state index in [-0.39, 0.29) is 0 Å². The fourth-order valence-corrected chi connectivity index (χ4v) is 3.50. The second-order valence-electron chi connectivity index (χ2n) is 7.75. The molecule has 0 aromatic rings. The van der Waals surface area contributed by atoms with Crippen LogP contribution in [0.25, 0.3) is 0 Å². The van der Waals surface area contributed by atoms with E-state index in [0.717, 1.165) is 19.1 Å². The van der Waals surface area contributed by atoms with Crippen LogP contribution in [0.15, 0.2) is 0 Å². The summed E-state index contributed by atoms with van der Waals surface area (Å²) < 4.78 is 0. The first-order valence-corrected chi connectivity index (χ1v) is 11.3. The Bertz CT molecular complexity index is 236. The lowest BCUT2D eigenvalue weighted by Crippen LogP contribution is -1.99. The molecule has 0 saturated carbocycles. The second kappa shape index (κ2) is 20.7. The normalized spacial score (nSPS) is 12.4. The van der Waals surface area contributed by atoms with E-state index in [1.54, 1.807) is 0 Å². The van der Waals surface area contributed by atoms with Gasteiger partial charge in [0.1, 0.15) is 6.29 Å². The first kappa shape index (κ1) is 23.7. The molecule has 1 nitrogen and oxygen atoms in total. The molecule has 0 radical (unpaired) electrons. The maximum absolute atomic E-state index is 10.7. The second-order valence-corrected chi connectivity index (χ2v) is 7.75. The van der Waals surface area contributed by atoms with Crippen molar-refractivity contribution in [3.8, 4) is 0 Å². The number of hydrogen-bond donors (Lipinski definition) is 0. The molecule has 0 spiro atoms. The van der Waals surface area contributed by atoms with Crippen molar-refractivity contribution < 1.29 is 4.79 Å². The molecule has 1 heteroatoms. The predicted octanol–water partition coefficient (Wildman–Crippen LogP) is 8.25. The molecule has 0 rings (SSSR count). The lowest BCUT2D eigenvalue weighted by atomic mass is 9.99. The van der Waals surface area contributed by atoms with Crippen LogP contribution in [0.5, 0.6) is 0 Å². The number of aldehydes is 1. The molecule has 0 aliphatic rings. The molecule has 0 N–H and O–H groups in total. The number of rotatable bonds is 20. The van der Waals surface area contributed by atoms with Gasteiger partial charge in [0.2, 0.25) is 0 Å². The van der Waals surface area contributed by atoms with Crippen molar-refractivity contribution in [3.05, 3.63) is 0 Å². The molecule has 1 unspecified atom stereocenters. The van der Waals surface area contributed by atoms with Gasteiger partial charge in [0.05, 0.1) is 0 Å². The zero-order valence-corrected chi connectivity index (χ0v) is 17.0. The van der Waals surface area contributed by atoms with Crippen molar-refractivity contribution in [2.45, 2.75) is 136 Å². The minimum atomic E-state index is 0.321. The van der Waals surface area contributed by atoms with Crippen LogP contribution in [0, 0.1) is 5.92 Å². The lowest BCUT2D eigenvalue weighted by Gasteiger charge is -2.06. The number of carbonyl (C=O) groups is 1. The minimum Gasteiger partial charge on any atom is -0.303 e. The monoisotopic (exact) mass is 338 g/mol. The quantitative estimate of drug-likeness (QED) is 0.161. The smallest absolute Gasteiger partial charge is 0.123 e. The largest absolute Gasteiger partial charge is 0.303 e. The first-order chi connectivity index (χ1) is 11.8. The molecular weight excluding hydrogens is 292 g/mol. The highest BCUT2D eigenvalue weighted by Gasteiger charge is 2.03. The first-order valence-electron chi connectivity index (χ1n) is 11.3. The Morgan fingerprint density at radius 2 is 0.875 bits per heavy atom. The Hall–Kier alpha value is -0.330. The highest BCUT2D eigenvalue weighted by Crippen LogP contribution is 2.15. The van der Waals surface area contributed by atoms with E-state index in [9.17, 15) is 4.79 Å². The SMILES string of the molecule is CCCCCCCCCCCCCCCCCCCC(C=O)CC.